The van der Waals surface area contributed by atoms with Crippen LogP contribution in [0.15, 0.2) is 48.9 Å². The summed E-state index contributed by atoms with van der Waals surface area (Å²) in [6.45, 7) is 3.20. The summed E-state index contributed by atoms with van der Waals surface area (Å²) in [5.41, 5.74) is 3.94. The fourth-order valence-corrected chi connectivity index (χ4v) is 3.04. The molecule has 0 unspecified atom stereocenters. The van der Waals surface area contributed by atoms with Gasteiger partial charge in [-0.05, 0) is 19.2 Å². The number of amides is 1. The molecular formula is C19H20N6O. The van der Waals surface area contributed by atoms with Gasteiger partial charge in [0.15, 0.2) is 0 Å². The van der Waals surface area contributed by atoms with E-state index in [1.165, 1.54) is 0 Å². The first-order valence-corrected chi connectivity index (χ1v) is 8.61. The maximum atomic E-state index is 12.7. The van der Waals surface area contributed by atoms with Crippen LogP contribution in [0, 0.1) is 0 Å². The molecular weight excluding hydrogens is 328 g/mol. The van der Waals surface area contributed by atoms with Gasteiger partial charge in [0.2, 0.25) is 0 Å². The van der Waals surface area contributed by atoms with E-state index in [0.717, 1.165) is 43.0 Å². The number of hydrogen-bond acceptors (Lipinski definition) is 5. The van der Waals surface area contributed by atoms with E-state index in [2.05, 4.69) is 32.1 Å². The first-order chi connectivity index (χ1) is 12.7. The zero-order valence-corrected chi connectivity index (χ0v) is 14.6. The van der Waals surface area contributed by atoms with E-state index in [1.807, 2.05) is 35.2 Å². The molecule has 132 valence electrons. The summed E-state index contributed by atoms with van der Waals surface area (Å²) < 4.78 is 0. The van der Waals surface area contributed by atoms with Crippen molar-refractivity contribution in [3.05, 3.63) is 54.6 Å². The second-order valence-corrected chi connectivity index (χ2v) is 6.44. The highest BCUT2D eigenvalue weighted by molar-refractivity contribution is 5.92. The molecule has 0 bridgehead atoms. The maximum absolute atomic E-state index is 12.7. The molecule has 1 N–H and O–H groups in total. The number of aromatic nitrogens is 4. The molecule has 2 aromatic heterocycles. The van der Waals surface area contributed by atoms with E-state index in [-0.39, 0.29) is 5.91 Å². The molecule has 0 spiro atoms. The van der Waals surface area contributed by atoms with Gasteiger partial charge in [0, 0.05) is 43.5 Å². The second kappa shape index (κ2) is 7.05. The van der Waals surface area contributed by atoms with E-state index in [0.29, 0.717) is 11.4 Å². The van der Waals surface area contributed by atoms with Crippen LogP contribution in [0.4, 0.5) is 0 Å². The molecule has 1 fully saturated rings. The van der Waals surface area contributed by atoms with E-state index in [4.69, 9.17) is 0 Å². The van der Waals surface area contributed by atoms with Gasteiger partial charge in [-0.15, -0.1) is 0 Å². The lowest BCUT2D eigenvalue weighted by Crippen LogP contribution is -2.47. The third-order valence-corrected chi connectivity index (χ3v) is 4.61. The second-order valence-electron chi connectivity index (χ2n) is 6.44. The van der Waals surface area contributed by atoms with Crippen LogP contribution in [0.1, 0.15) is 10.5 Å². The van der Waals surface area contributed by atoms with Crippen LogP contribution in [0.2, 0.25) is 0 Å². The van der Waals surface area contributed by atoms with Crippen molar-refractivity contribution in [2.24, 2.45) is 0 Å². The molecule has 1 aliphatic rings. The smallest absolute Gasteiger partial charge is 0.274 e. The van der Waals surface area contributed by atoms with Crippen molar-refractivity contribution in [2.45, 2.75) is 0 Å². The lowest BCUT2D eigenvalue weighted by Gasteiger charge is -2.32. The van der Waals surface area contributed by atoms with Crippen LogP contribution in [0.5, 0.6) is 0 Å². The Morgan fingerprint density at radius 2 is 1.88 bits per heavy atom. The van der Waals surface area contributed by atoms with Crippen LogP contribution in [0.25, 0.3) is 22.5 Å². The molecule has 0 atom stereocenters. The third kappa shape index (κ3) is 3.34. The molecule has 7 heteroatoms. The summed E-state index contributed by atoms with van der Waals surface area (Å²) >= 11 is 0. The molecule has 4 rings (SSSR count). The van der Waals surface area contributed by atoms with Gasteiger partial charge in [0.05, 0.1) is 23.8 Å². The Morgan fingerprint density at radius 3 is 2.65 bits per heavy atom. The number of nitrogens with zero attached hydrogens (tertiary/aromatic N) is 5. The van der Waals surface area contributed by atoms with Crippen molar-refractivity contribution < 1.29 is 4.79 Å². The molecule has 7 nitrogen and oxygen atoms in total. The van der Waals surface area contributed by atoms with Crippen LogP contribution >= 0.6 is 0 Å². The van der Waals surface area contributed by atoms with Gasteiger partial charge in [-0.1, -0.05) is 18.2 Å². The van der Waals surface area contributed by atoms with Crippen molar-refractivity contribution in [1.82, 2.24) is 30.0 Å². The molecule has 1 saturated heterocycles. The lowest BCUT2D eigenvalue weighted by atomic mass is 10.1. The predicted octanol–water partition coefficient (Wildman–Crippen LogP) is 1.92. The summed E-state index contributed by atoms with van der Waals surface area (Å²) in [6, 6.07) is 9.86. The molecule has 0 saturated carbocycles. The normalized spacial score (nSPS) is 15.2. The number of hydrogen-bond donors (Lipinski definition) is 1. The highest BCUT2D eigenvalue weighted by Gasteiger charge is 2.22. The molecule has 1 aromatic carbocycles. The number of rotatable bonds is 3. The monoisotopic (exact) mass is 348 g/mol. The third-order valence-electron chi connectivity index (χ3n) is 4.61. The van der Waals surface area contributed by atoms with Gasteiger partial charge in [0.25, 0.3) is 5.91 Å². The molecule has 0 radical (unpaired) electrons. The minimum Gasteiger partial charge on any atom is -0.335 e. The summed E-state index contributed by atoms with van der Waals surface area (Å²) in [4.78, 5) is 25.6. The predicted molar refractivity (Wildman–Crippen MR) is 98.5 cm³/mol. The molecule has 1 amide bonds. The van der Waals surface area contributed by atoms with Crippen molar-refractivity contribution >= 4 is 5.91 Å². The van der Waals surface area contributed by atoms with Crippen LogP contribution in [-0.4, -0.2) is 69.1 Å². The van der Waals surface area contributed by atoms with Crippen LogP contribution < -0.4 is 0 Å². The summed E-state index contributed by atoms with van der Waals surface area (Å²) in [7, 11) is 2.06. The Morgan fingerprint density at radius 1 is 1.08 bits per heavy atom. The number of aromatic amines is 1. The van der Waals surface area contributed by atoms with Gasteiger partial charge in [-0.3, -0.25) is 14.9 Å². The van der Waals surface area contributed by atoms with Gasteiger partial charge in [-0.25, -0.2) is 4.98 Å². The van der Waals surface area contributed by atoms with Gasteiger partial charge in [-0.2, -0.15) is 5.10 Å². The van der Waals surface area contributed by atoms with Crippen molar-refractivity contribution in [1.29, 1.82) is 0 Å². The van der Waals surface area contributed by atoms with E-state index >= 15 is 0 Å². The number of nitrogens with one attached hydrogen (secondary N) is 1. The highest BCUT2D eigenvalue weighted by atomic mass is 16.2. The Hall–Kier alpha value is -3.06. The fourth-order valence-electron chi connectivity index (χ4n) is 3.04. The van der Waals surface area contributed by atoms with E-state index < -0.39 is 0 Å². The quantitative estimate of drug-likeness (QED) is 0.782. The highest BCUT2D eigenvalue weighted by Crippen LogP contribution is 2.23. The van der Waals surface area contributed by atoms with Gasteiger partial charge < -0.3 is 9.80 Å². The largest absolute Gasteiger partial charge is 0.335 e. The van der Waals surface area contributed by atoms with Crippen molar-refractivity contribution in [3.63, 3.8) is 0 Å². The molecule has 3 heterocycles. The Kier molecular flexibility index (Phi) is 4.45. The van der Waals surface area contributed by atoms with E-state index in [9.17, 15) is 4.79 Å². The SMILES string of the molecule is CN1CCN(C(=O)c2cncc(-c3cccc(-c4ccn[nH]4)c3)n2)CC1. The number of benzene rings is 1. The summed E-state index contributed by atoms with van der Waals surface area (Å²) in [5, 5.41) is 6.95. The standard InChI is InChI=1S/C19H20N6O/c1-24-7-9-25(10-8-24)19(26)18-13-20-12-17(22-18)15-4-2-3-14(11-15)16-5-6-21-23-16/h2-6,11-13H,7-10H2,1H3,(H,21,23). The Bertz CT molecular complexity index is 900. The Balaban J connectivity index is 1.60. The van der Waals surface area contributed by atoms with Gasteiger partial charge in [0.1, 0.15) is 5.69 Å². The van der Waals surface area contributed by atoms with Crippen LogP contribution in [0.3, 0.4) is 0 Å². The number of carbonyl (C=O) groups is 1. The first-order valence-electron chi connectivity index (χ1n) is 8.61. The zero-order chi connectivity index (χ0) is 17.9. The summed E-state index contributed by atoms with van der Waals surface area (Å²) in [5.74, 6) is -0.0582. The topological polar surface area (TPSA) is 78.0 Å². The zero-order valence-electron chi connectivity index (χ0n) is 14.6. The maximum Gasteiger partial charge on any atom is 0.274 e. The Labute approximate surface area is 151 Å². The fraction of sp³-hybridized carbons (Fsp3) is 0.263. The molecule has 3 aromatic rings. The first kappa shape index (κ1) is 16.4. The van der Waals surface area contributed by atoms with Gasteiger partial charge >= 0.3 is 0 Å². The average molecular weight is 348 g/mol. The number of likely N-dealkylation sites (N-methyl/N-ethyl adjacent to an activating group) is 1. The number of piperazine rings is 1. The minimum atomic E-state index is -0.0582. The molecule has 1 aliphatic heterocycles. The number of carbonyl (C=O) groups excluding carboxylic acids is 1. The van der Waals surface area contributed by atoms with Crippen molar-refractivity contribution in [2.75, 3.05) is 33.2 Å². The minimum absolute atomic E-state index is 0.0582. The van der Waals surface area contributed by atoms with Crippen molar-refractivity contribution in [3.8, 4) is 22.5 Å². The molecule has 26 heavy (non-hydrogen) atoms. The summed E-state index contributed by atoms with van der Waals surface area (Å²) in [6.07, 6.45) is 4.95. The van der Waals surface area contributed by atoms with Crippen LogP contribution in [-0.2, 0) is 0 Å². The lowest BCUT2D eigenvalue weighted by molar-refractivity contribution is 0.0658. The number of H-pyrrole nitrogens is 1. The average Bonchev–Trinajstić information content (AvgIpc) is 3.23. The molecule has 0 aliphatic carbocycles. The van der Waals surface area contributed by atoms with E-state index in [1.54, 1.807) is 18.6 Å².